The van der Waals surface area contributed by atoms with E-state index >= 15 is 0 Å². The fourth-order valence-electron chi connectivity index (χ4n) is 3.09. The number of benzene rings is 1. The molecular formula is C16H19ClFN3O2S. The van der Waals surface area contributed by atoms with Crippen LogP contribution in [0.2, 0.25) is 5.02 Å². The fraction of sp³-hybridized carbons (Fsp3) is 0.438. The topological polar surface area (TPSA) is 55.2 Å². The van der Waals surface area contributed by atoms with Crippen LogP contribution in [0.4, 0.5) is 4.39 Å². The molecule has 0 N–H and O–H groups in total. The smallest absolute Gasteiger partial charge is 0.243 e. The molecule has 1 aliphatic rings. The van der Waals surface area contributed by atoms with Crippen molar-refractivity contribution in [1.29, 1.82) is 0 Å². The Hall–Kier alpha value is -1.44. The van der Waals surface area contributed by atoms with Crippen LogP contribution < -0.4 is 0 Å². The summed E-state index contributed by atoms with van der Waals surface area (Å²) >= 11 is 6.26. The van der Waals surface area contributed by atoms with E-state index in [2.05, 4.69) is 5.10 Å². The Morgan fingerprint density at radius 1 is 1.21 bits per heavy atom. The van der Waals surface area contributed by atoms with Gasteiger partial charge in [-0.05, 0) is 37.1 Å². The molecule has 2 heterocycles. The van der Waals surface area contributed by atoms with Crippen LogP contribution in [0.5, 0.6) is 0 Å². The molecule has 1 fully saturated rings. The molecule has 0 amide bonds. The molecule has 0 radical (unpaired) electrons. The first-order valence-electron chi connectivity index (χ1n) is 7.86. The monoisotopic (exact) mass is 371 g/mol. The maximum atomic E-state index is 13.1. The van der Waals surface area contributed by atoms with E-state index in [1.807, 2.05) is 0 Å². The van der Waals surface area contributed by atoms with Gasteiger partial charge in [0.1, 0.15) is 5.82 Å². The van der Waals surface area contributed by atoms with Crippen LogP contribution in [0.3, 0.4) is 0 Å². The van der Waals surface area contributed by atoms with E-state index in [0.29, 0.717) is 23.7 Å². The Morgan fingerprint density at radius 2 is 1.92 bits per heavy atom. The first kappa shape index (κ1) is 17.4. The van der Waals surface area contributed by atoms with Gasteiger partial charge in [0.2, 0.25) is 10.0 Å². The molecule has 1 aromatic heterocycles. The quantitative estimate of drug-likeness (QED) is 0.829. The third-order valence-electron chi connectivity index (χ3n) is 4.25. The minimum absolute atomic E-state index is 0.0860. The van der Waals surface area contributed by atoms with Gasteiger partial charge in [-0.3, -0.25) is 4.68 Å². The normalized spacial score (nSPS) is 20.0. The summed E-state index contributed by atoms with van der Waals surface area (Å²) in [5, 5.41) is 4.83. The lowest BCUT2D eigenvalue weighted by atomic mass is 10.1. The van der Waals surface area contributed by atoms with Crippen LogP contribution in [-0.2, 0) is 17.1 Å². The minimum atomic E-state index is -3.75. The van der Waals surface area contributed by atoms with E-state index in [-0.39, 0.29) is 4.90 Å². The highest BCUT2D eigenvalue weighted by molar-refractivity contribution is 7.89. The first-order valence-corrected chi connectivity index (χ1v) is 9.68. The van der Waals surface area contributed by atoms with Crippen molar-refractivity contribution in [2.45, 2.75) is 36.6 Å². The van der Waals surface area contributed by atoms with Crippen molar-refractivity contribution in [3.8, 4) is 0 Å². The van der Waals surface area contributed by atoms with E-state index in [1.54, 1.807) is 17.9 Å². The van der Waals surface area contributed by atoms with Crippen molar-refractivity contribution in [3.63, 3.8) is 0 Å². The van der Waals surface area contributed by atoms with Gasteiger partial charge in [-0.25, -0.2) is 12.8 Å². The molecule has 0 spiro atoms. The predicted molar refractivity (Wildman–Crippen MR) is 89.7 cm³/mol. The van der Waals surface area contributed by atoms with Gasteiger partial charge in [0.05, 0.1) is 21.7 Å². The van der Waals surface area contributed by atoms with Crippen molar-refractivity contribution >= 4 is 21.6 Å². The summed E-state index contributed by atoms with van der Waals surface area (Å²) in [5.41, 5.74) is 0.576. The Kier molecular flexibility index (Phi) is 4.94. The number of halogens is 2. The molecule has 0 bridgehead atoms. The predicted octanol–water partition coefficient (Wildman–Crippen LogP) is 3.52. The summed E-state index contributed by atoms with van der Waals surface area (Å²) in [5.74, 6) is -0.464. The Balaban J connectivity index is 2.04. The molecule has 3 rings (SSSR count). The van der Waals surface area contributed by atoms with Gasteiger partial charge in [-0.15, -0.1) is 0 Å². The summed E-state index contributed by atoms with van der Waals surface area (Å²) < 4.78 is 42.3. The lowest BCUT2D eigenvalue weighted by molar-refractivity contribution is 0.321. The van der Waals surface area contributed by atoms with Gasteiger partial charge >= 0.3 is 0 Å². The standard InChI is InChI=1S/C16H19ClFN3O2S/c1-20-11-14(17)16(19-20)15-5-3-2-4-10-21(15)24(22,23)13-8-6-12(18)7-9-13/h6-9,11,15H,2-5,10H2,1H3. The highest BCUT2D eigenvalue weighted by Gasteiger charge is 2.35. The molecule has 130 valence electrons. The van der Waals surface area contributed by atoms with Gasteiger partial charge in [0.15, 0.2) is 0 Å². The molecule has 2 aromatic rings. The summed E-state index contributed by atoms with van der Waals surface area (Å²) in [4.78, 5) is 0.0860. The van der Waals surface area contributed by atoms with Gasteiger partial charge < -0.3 is 0 Å². The largest absolute Gasteiger partial charge is 0.274 e. The molecule has 8 heteroatoms. The lowest BCUT2D eigenvalue weighted by Crippen LogP contribution is -2.35. The number of aryl methyl sites for hydroxylation is 1. The second kappa shape index (κ2) is 6.82. The van der Waals surface area contributed by atoms with E-state index in [9.17, 15) is 12.8 Å². The van der Waals surface area contributed by atoms with E-state index in [1.165, 1.54) is 16.4 Å². The zero-order chi connectivity index (χ0) is 17.3. The number of nitrogens with zero attached hydrogens (tertiary/aromatic N) is 3. The molecule has 5 nitrogen and oxygen atoms in total. The first-order chi connectivity index (χ1) is 11.4. The van der Waals surface area contributed by atoms with Crippen molar-refractivity contribution in [2.24, 2.45) is 7.05 Å². The van der Waals surface area contributed by atoms with Crippen LogP contribution in [0.15, 0.2) is 35.4 Å². The maximum absolute atomic E-state index is 13.1. The Labute approximate surface area is 146 Å². The second-order valence-corrected chi connectivity index (χ2v) is 8.27. The van der Waals surface area contributed by atoms with Crippen LogP contribution in [-0.4, -0.2) is 29.0 Å². The van der Waals surface area contributed by atoms with E-state index < -0.39 is 21.9 Å². The SMILES string of the molecule is Cn1cc(Cl)c(C2CCCCCN2S(=O)(=O)c2ccc(F)cc2)n1. The Bertz CT molecular complexity index is 820. The molecule has 1 aromatic carbocycles. The summed E-state index contributed by atoms with van der Waals surface area (Å²) in [6, 6.07) is 4.51. The van der Waals surface area contributed by atoms with Crippen LogP contribution in [0.1, 0.15) is 37.4 Å². The third-order valence-corrected chi connectivity index (χ3v) is 6.46. The molecule has 24 heavy (non-hydrogen) atoms. The fourth-order valence-corrected chi connectivity index (χ4v) is 5.05. The van der Waals surface area contributed by atoms with E-state index in [0.717, 1.165) is 31.4 Å². The summed E-state index contributed by atoms with van der Waals surface area (Å²) in [6.07, 6.45) is 4.98. The van der Waals surface area contributed by atoms with Gasteiger partial charge in [-0.2, -0.15) is 9.40 Å². The number of aromatic nitrogens is 2. The highest BCUT2D eigenvalue weighted by atomic mass is 35.5. The molecule has 1 saturated heterocycles. The lowest BCUT2D eigenvalue weighted by Gasteiger charge is -2.28. The molecule has 1 aliphatic heterocycles. The molecule has 0 aliphatic carbocycles. The van der Waals surface area contributed by atoms with Crippen LogP contribution in [0.25, 0.3) is 0 Å². The average molecular weight is 372 g/mol. The van der Waals surface area contributed by atoms with Gasteiger partial charge in [0.25, 0.3) is 0 Å². The zero-order valence-electron chi connectivity index (χ0n) is 13.3. The van der Waals surface area contributed by atoms with Gasteiger partial charge in [0, 0.05) is 19.8 Å². The molecule has 0 saturated carbocycles. The van der Waals surface area contributed by atoms with Crippen molar-refractivity contribution < 1.29 is 12.8 Å². The summed E-state index contributed by atoms with van der Waals surface area (Å²) in [7, 11) is -1.99. The summed E-state index contributed by atoms with van der Waals surface area (Å²) in [6.45, 7) is 0.400. The second-order valence-electron chi connectivity index (χ2n) is 5.97. The zero-order valence-corrected chi connectivity index (χ0v) is 14.9. The van der Waals surface area contributed by atoms with Gasteiger partial charge in [-0.1, -0.05) is 24.4 Å². The molecule has 1 atom stereocenters. The number of hydrogen-bond acceptors (Lipinski definition) is 3. The maximum Gasteiger partial charge on any atom is 0.243 e. The third kappa shape index (κ3) is 3.34. The van der Waals surface area contributed by atoms with E-state index in [4.69, 9.17) is 11.6 Å². The number of hydrogen-bond donors (Lipinski definition) is 0. The van der Waals surface area contributed by atoms with Crippen molar-refractivity contribution in [3.05, 3.63) is 47.0 Å². The van der Waals surface area contributed by atoms with Crippen LogP contribution >= 0.6 is 11.6 Å². The van der Waals surface area contributed by atoms with Crippen molar-refractivity contribution in [1.82, 2.24) is 14.1 Å². The molecule has 1 unspecified atom stereocenters. The number of sulfonamides is 1. The minimum Gasteiger partial charge on any atom is -0.274 e. The highest BCUT2D eigenvalue weighted by Crippen LogP contribution is 2.36. The average Bonchev–Trinajstić information content (AvgIpc) is 2.75. The number of rotatable bonds is 3. The Morgan fingerprint density at radius 3 is 2.54 bits per heavy atom. The van der Waals surface area contributed by atoms with Crippen molar-refractivity contribution in [2.75, 3.05) is 6.54 Å². The van der Waals surface area contributed by atoms with Crippen LogP contribution in [0, 0.1) is 5.82 Å². The molecular weight excluding hydrogens is 353 g/mol.